The third-order valence-electron chi connectivity index (χ3n) is 4.86. The third kappa shape index (κ3) is 4.99. The highest BCUT2D eigenvalue weighted by Gasteiger charge is 2.18. The molecular weight excluding hydrogens is 380 g/mol. The molecule has 8 heteroatoms. The van der Waals surface area contributed by atoms with Crippen molar-refractivity contribution in [3.63, 3.8) is 0 Å². The first-order chi connectivity index (χ1) is 13.4. The first-order valence-electron chi connectivity index (χ1n) is 9.20. The maximum Gasteiger partial charge on any atom is 0.270 e. The van der Waals surface area contributed by atoms with Crippen LogP contribution in [0.5, 0.6) is 0 Å². The number of hydrogen-bond acceptors (Lipinski definition) is 5. The molecule has 0 radical (unpaired) electrons. The van der Waals surface area contributed by atoms with Crippen molar-refractivity contribution >= 4 is 28.9 Å². The van der Waals surface area contributed by atoms with Crippen LogP contribution in [0.4, 0.5) is 11.4 Å². The molecule has 2 aromatic carbocycles. The Bertz CT molecular complexity index is 866. The molecule has 0 bridgehead atoms. The van der Waals surface area contributed by atoms with E-state index in [1.807, 2.05) is 0 Å². The zero-order valence-corrected chi connectivity index (χ0v) is 16.5. The summed E-state index contributed by atoms with van der Waals surface area (Å²) in [5, 5.41) is 13.7. The average Bonchev–Trinajstić information content (AvgIpc) is 2.68. The summed E-state index contributed by atoms with van der Waals surface area (Å²) in [4.78, 5) is 27.2. The molecule has 0 atom stereocenters. The van der Waals surface area contributed by atoms with Gasteiger partial charge < -0.3 is 10.2 Å². The minimum atomic E-state index is -0.538. The van der Waals surface area contributed by atoms with Crippen molar-refractivity contribution in [2.75, 3.05) is 44.2 Å². The Balaban J connectivity index is 1.45. The maximum atomic E-state index is 12.3. The molecule has 7 nitrogen and oxygen atoms in total. The fourth-order valence-corrected chi connectivity index (χ4v) is 3.54. The molecule has 1 amide bonds. The summed E-state index contributed by atoms with van der Waals surface area (Å²) >= 11 is 6.00. The van der Waals surface area contributed by atoms with Gasteiger partial charge in [0.2, 0.25) is 0 Å². The molecule has 1 aliphatic heterocycles. The Morgan fingerprint density at radius 1 is 1.18 bits per heavy atom. The average molecular weight is 403 g/mol. The van der Waals surface area contributed by atoms with Crippen molar-refractivity contribution < 1.29 is 9.72 Å². The van der Waals surface area contributed by atoms with Crippen molar-refractivity contribution in [3.05, 3.63) is 68.7 Å². The van der Waals surface area contributed by atoms with Gasteiger partial charge >= 0.3 is 0 Å². The number of nitrogens with one attached hydrogen (secondary N) is 1. The van der Waals surface area contributed by atoms with E-state index in [-0.39, 0.29) is 22.2 Å². The highest BCUT2D eigenvalue weighted by atomic mass is 35.5. The molecule has 28 heavy (non-hydrogen) atoms. The molecule has 0 unspecified atom stereocenters. The van der Waals surface area contributed by atoms with Crippen LogP contribution in [-0.4, -0.2) is 55.0 Å². The van der Waals surface area contributed by atoms with Crippen LogP contribution in [0, 0.1) is 17.0 Å². The number of piperazine rings is 1. The first-order valence-corrected chi connectivity index (χ1v) is 9.58. The van der Waals surface area contributed by atoms with Crippen LogP contribution in [0.3, 0.4) is 0 Å². The molecule has 1 saturated heterocycles. The number of halogens is 1. The SMILES string of the molecule is Cc1cccc(N2CCN(CCNC(=O)c3ccc([N+](=O)[O-])cc3Cl)CC2)c1. The lowest BCUT2D eigenvalue weighted by Gasteiger charge is -2.36. The van der Waals surface area contributed by atoms with E-state index in [9.17, 15) is 14.9 Å². The number of hydrogen-bond donors (Lipinski definition) is 1. The van der Waals surface area contributed by atoms with Gasteiger partial charge in [0.25, 0.3) is 11.6 Å². The molecule has 148 valence electrons. The van der Waals surface area contributed by atoms with Crippen LogP contribution in [-0.2, 0) is 0 Å². The highest BCUT2D eigenvalue weighted by molar-refractivity contribution is 6.34. The second-order valence-electron chi connectivity index (χ2n) is 6.84. The summed E-state index contributed by atoms with van der Waals surface area (Å²) < 4.78 is 0. The monoisotopic (exact) mass is 402 g/mol. The molecule has 0 aromatic heterocycles. The van der Waals surface area contributed by atoms with Gasteiger partial charge in [0.15, 0.2) is 0 Å². The van der Waals surface area contributed by atoms with Gasteiger partial charge in [-0.3, -0.25) is 19.8 Å². The van der Waals surface area contributed by atoms with Crippen molar-refractivity contribution in [1.82, 2.24) is 10.2 Å². The Morgan fingerprint density at radius 3 is 2.57 bits per heavy atom. The standard InChI is InChI=1S/C20H23ClN4O3/c1-15-3-2-4-16(13-15)24-11-9-23(10-12-24)8-7-22-20(26)18-6-5-17(25(27)28)14-19(18)21/h2-6,13-14H,7-12H2,1H3,(H,22,26). The summed E-state index contributed by atoms with van der Waals surface area (Å²) in [6, 6.07) is 12.4. The molecule has 0 saturated carbocycles. The molecule has 0 aliphatic carbocycles. The van der Waals surface area contributed by atoms with Crippen molar-refractivity contribution in [3.8, 4) is 0 Å². The molecular formula is C20H23ClN4O3. The van der Waals surface area contributed by atoms with Crippen LogP contribution in [0.25, 0.3) is 0 Å². The predicted molar refractivity (Wildman–Crippen MR) is 110 cm³/mol. The van der Waals surface area contributed by atoms with Gasteiger partial charge in [-0.05, 0) is 30.7 Å². The van der Waals surface area contributed by atoms with E-state index >= 15 is 0 Å². The van der Waals surface area contributed by atoms with Crippen molar-refractivity contribution in [2.24, 2.45) is 0 Å². The smallest absolute Gasteiger partial charge is 0.270 e. The van der Waals surface area contributed by atoms with Gasteiger partial charge in [-0.25, -0.2) is 0 Å². The highest BCUT2D eigenvalue weighted by Crippen LogP contribution is 2.22. The summed E-state index contributed by atoms with van der Waals surface area (Å²) in [6.45, 7) is 7.11. The van der Waals surface area contributed by atoms with E-state index in [1.54, 1.807) is 0 Å². The number of anilines is 1. The van der Waals surface area contributed by atoms with Crippen LogP contribution >= 0.6 is 11.6 Å². The molecule has 3 rings (SSSR count). The van der Waals surface area contributed by atoms with E-state index in [4.69, 9.17) is 11.6 Å². The van der Waals surface area contributed by atoms with Gasteiger partial charge in [-0.15, -0.1) is 0 Å². The largest absolute Gasteiger partial charge is 0.369 e. The second kappa shape index (κ2) is 9.03. The fourth-order valence-electron chi connectivity index (χ4n) is 3.28. The van der Waals surface area contributed by atoms with E-state index in [1.165, 1.54) is 29.4 Å². The summed E-state index contributed by atoms with van der Waals surface area (Å²) in [5.41, 5.74) is 2.62. The van der Waals surface area contributed by atoms with Crippen LogP contribution in [0.15, 0.2) is 42.5 Å². The van der Waals surface area contributed by atoms with Crippen LogP contribution in [0.1, 0.15) is 15.9 Å². The predicted octanol–water partition coefficient (Wildman–Crippen LogP) is 3.11. The zero-order chi connectivity index (χ0) is 20.1. The number of benzene rings is 2. The van der Waals surface area contributed by atoms with Crippen LogP contribution in [0.2, 0.25) is 5.02 Å². The summed E-state index contributed by atoms with van der Waals surface area (Å²) in [7, 11) is 0. The molecule has 1 heterocycles. The minimum Gasteiger partial charge on any atom is -0.369 e. The number of amides is 1. The first kappa shape index (κ1) is 20.1. The van der Waals surface area contributed by atoms with Crippen molar-refractivity contribution in [1.29, 1.82) is 0 Å². The number of nitro benzene ring substituents is 1. The number of carbonyl (C=O) groups is 1. The van der Waals surface area contributed by atoms with Crippen LogP contribution < -0.4 is 10.2 Å². The van der Waals surface area contributed by atoms with Gasteiger partial charge in [-0.2, -0.15) is 0 Å². The van der Waals surface area contributed by atoms with Gasteiger partial charge in [0.1, 0.15) is 0 Å². The number of nitrogens with zero attached hydrogens (tertiary/aromatic N) is 3. The quantitative estimate of drug-likeness (QED) is 0.593. The molecule has 0 spiro atoms. The number of aryl methyl sites for hydroxylation is 1. The Morgan fingerprint density at radius 2 is 1.93 bits per heavy atom. The Labute approximate surface area is 169 Å². The van der Waals surface area contributed by atoms with E-state index in [0.717, 1.165) is 32.7 Å². The molecule has 1 fully saturated rings. The number of rotatable bonds is 6. The third-order valence-corrected chi connectivity index (χ3v) is 5.17. The number of nitro groups is 1. The summed E-state index contributed by atoms with van der Waals surface area (Å²) in [6.07, 6.45) is 0. The second-order valence-corrected chi connectivity index (χ2v) is 7.25. The maximum absolute atomic E-state index is 12.3. The van der Waals surface area contributed by atoms with Gasteiger partial charge in [0.05, 0.1) is 15.5 Å². The topological polar surface area (TPSA) is 78.7 Å². The normalized spacial score (nSPS) is 14.7. The lowest BCUT2D eigenvalue weighted by Crippen LogP contribution is -2.48. The number of carbonyl (C=O) groups excluding carboxylic acids is 1. The minimum absolute atomic E-state index is 0.0819. The zero-order valence-electron chi connectivity index (χ0n) is 15.7. The van der Waals surface area contributed by atoms with E-state index in [0.29, 0.717) is 6.54 Å². The lowest BCUT2D eigenvalue weighted by molar-refractivity contribution is -0.384. The lowest BCUT2D eigenvalue weighted by atomic mass is 10.2. The van der Waals surface area contributed by atoms with Crippen molar-refractivity contribution in [2.45, 2.75) is 6.92 Å². The number of non-ortho nitro benzene ring substituents is 1. The molecule has 1 N–H and O–H groups in total. The Kier molecular flexibility index (Phi) is 6.49. The Hall–Kier alpha value is -2.64. The van der Waals surface area contributed by atoms with Gasteiger partial charge in [0, 0.05) is 57.1 Å². The van der Waals surface area contributed by atoms with Gasteiger partial charge in [-0.1, -0.05) is 23.7 Å². The fraction of sp³-hybridized carbons (Fsp3) is 0.350. The van der Waals surface area contributed by atoms with E-state index in [2.05, 4.69) is 46.3 Å². The van der Waals surface area contributed by atoms with E-state index < -0.39 is 4.92 Å². The molecule has 2 aromatic rings. The molecule has 1 aliphatic rings. The summed E-state index contributed by atoms with van der Waals surface area (Å²) in [5.74, 6) is -0.321.